The van der Waals surface area contributed by atoms with Crippen LogP contribution in [0.3, 0.4) is 0 Å². The van der Waals surface area contributed by atoms with Crippen molar-refractivity contribution in [2.24, 2.45) is 11.8 Å². The molecule has 0 heterocycles. The van der Waals surface area contributed by atoms with E-state index < -0.39 is 0 Å². The van der Waals surface area contributed by atoms with Gasteiger partial charge >= 0.3 is 0 Å². The van der Waals surface area contributed by atoms with Crippen LogP contribution in [0.2, 0.25) is 0 Å². The summed E-state index contributed by atoms with van der Waals surface area (Å²) in [6, 6.07) is 7.43. The SMILES string of the molecule is CC(=O)c1cccc(OCC2CC(C)C2)c1. The van der Waals surface area contributed by atoms with E-state index in [4.69, 9.17) is 4.74 Å². The van der Waals surface area contributed by atoms with Crippen LogP contribution < -0.4 is 4.74 Å². The molecule has 0 N–H and O–H groups in total. The molecule has 2 nitrogen and oxygen atoms in total. The van der Waals surface area contributed by atoms with Gasteiger partial charge in [0.2, 0.25) is 0 Å². The van der Waals surface area contributed by atoms with Crippen molar-refractivity contribution in [2.45, 2.75) is 26.7 Å². The Morgan fingerprint density at radius 2 is 2.19 bits per heavy atom. The normalized spacial score (nSPS) is 23.6. The Balaban J connectivity index is 1.89. The molecule has 1 aromatic rings. The highest BCUT2D eigenvalue weighted by molar-refractivity contribution is 5.94. The molecule has 0 amide bonds. The van der Waals surface area contributed by atoms with Gasteiger partial charge in [-0.05, 0) is 43.7 Å². The smallest absolute Gasteiger partial charge is 0.159 e. The molecule has 0 radical (unpaired) electrons. The highest BCUT2D eigenvalue weighted by Gasteiger charge is 2.25. The van der Waals surface area contributed by atoms with Crippen LogP contribution in [0.5, 0.6) is 5.75 Å². The Labute approximate surface area is 96.6 Å². The van der Waals surface area contributed by atoms with E-state index in [1.807, 2.05) is 24.3 Å². The topological polar surface area (TPSA) is 26.3 Å². The summed E-state index contributed by atoms with van der Waals surface area (Å²) in [5.41, 5.74) is 0.722. The van der Waals surface area contributed by atoms with Crippen molar-refractivity contribution in [3.05, 3.63) is 29.8 Å². The zero-order valence-corrected chi connectivity index (χ0v) is 9.90. The number of carbonyl (C=O) groups is 1. The number of rotatable bonds is 4. The van der Waals surface area contributed by atoms with Gasteiger partial charge in [0.15, 0.2) is 5.78 Å². The maximum atomic E-state index is 11.2. The zero-order valence-electron chi connectivity index (χ0n) is 9.90. The fraction of sp³-hybridized carbons (Fsp3) is 0.500. The van der Waals surface area contributed by atoms with Gasteiger partial charge in [-0.15, -0.1) is 0 Å². The zero-order chi connectivity index (χ0) is 11.5. The van der Waals surface area contributed by atoms with Crippen LogP contribution in [0.15, 0.2) is 24.3 Å². The second kappa shape index (κ2) is 4.69. The number of benzene rings is 1. The van der Waals surface area contributed by atoms with E-state index in [-0.39, 0.29) is 5.78 Å². The van der Waals surface area contributed by atoms with Gasteiger partial charge in [-0.2, -0.15) is 0 Å². The fourth-order valence-corrected chi connectivity index (χ4v) is 2.22. The van der Waals surface area contributed by atoms with Crippen LogP contribution >= 0.6 is 0 Å². The van der Waals surface area contributed by atoms with Crippen molar-refractivity contribution in [3.63, 3.8) is 0 Å². The van der Waals surface area contributed by atoms with E-state index in [1.54, 1.807) is 6.92 Å². The van der Waals surface area contributed by atoms with Crippen molar-refractivity contribution in [1.82, 2.24) is 0 Å². The summed E-state index contributed by atoms with van der Waals surface area (Å²) < 4.78 is 5.70. The molecule has 2 heteroatoms. The predicted octanol–water partition coefficient (Wildman–Crippen LogP) is 3.31. The molecule has 0 saturated heterocycles. The molecule has 2 rings (SSSR count). The Morgan fingerprint density at radius 1 is 1.44 bits per heavy atom. The van der Waals surface area contributed by atoms with Gasteiger partial charge in [0, 0.05) is 5.56 Å². The summed E-state index contributed by atoms with van der Waals surface area (Å²) in [5.74, 6) is 2.46. The second-order valence-corrected chi connectivity index (χ2v) is 4.84. The fourth-order valence-electron chi connectivity index (χ4n) is 2.22. The maximum absolute atomic E-state index is 11.2. The van der Waals surface area contributed by atoms with Gasteiger partial charge in [-0.3, -0.25) is 4.79 Å². The average molecular weight is 218 g/mol. The minimum absolute atomic E-state index is 0.0858. The van der Waals surface area contributed by atoms with Crippen molar-refractivity contribution >= 4 is 5.78 Å². The Kier molecular flexibility index (Phi) is 3.28. The number of hydrogen-bond acceptors (Lipinski definition) is 2. The molecule has 1 aromatic carbocycles. The van der Waals surface area contributed by atoms with Crippen molar-refractivity contribution in [2.75, 3.05) is 6.61 Å². The molecule has 1 aliphatic carbocycles. The third-order valence-corrected chi connectivity index (χ3v) is 3.20. The van der Waals surface area contributed by atoms with E-state index in [9.17, 15) is 4.79 Å². The van der Waals surface area contributed by atoms with E-state index in [0.29, 0.717) is 5.92 Å². The molecule has 0 aliphatic heterocycles. The standard InChI is InChI=1S/C14H18O2/c1-10-6-12(7-10)9-16-14-5-3-4-13(8-14)11(2)15/h3-5,8,10,12H,6-7,9H2,1-2H3. The third-order valence-electron chi connectivity index (χ3n) is 3.20. The first kappa shape index (κ1) is 11.2. The first-order valence-electron chi connectivity index (χ1n) is 5.89. The van der Waals surface area contributed by atoms with Crippen molar-refractivity contribution in [3.8, 4) is 5.75 Å². The van der Waals surface area contributed by atoms with Gasteiger partial charge in [0.1, 0.15) is 5.75 Å². The molecule has 1 aliphatic rings. The van der Waals surface area contributed by atoms with Gasteiger partial charge in [0.25, 0.3) is 0 Å². The second-order valence-electron chi connectivity index (χ2n) is 4.84. The maximum Gasteiger partial charge on any atom is 0.159 e. The number of carbonyl (C=O) groups excluding carboxylic acids is 1. The number of Topliss-reactive ketones (excluding diaryl/α,β-unsaturated/α-hetero) is 1. The monoisotopic (exact) mass is 218 g/mol. The van der Waals surface area contributed by atoms with E-state index >= 15 is 0 Å². The summed E-state index contributed by atoms with van der Waals surface area (Å²) in [4.78, 5) is 11.2. The summed E-state index contributed by atoms with van der Waals surface area (Å²) >= 11 is 0. The van der Waals surface area contributed by atoms with E-state index in [1.165, 1.54) is 12.8 Å². The number of ether oxygens (including phenoxy) is 1. The molecule has 0 spiro atoms. The molecule has 0 bridgehead atoms. The number of ketones is 1. The van der Waals surface area contributed by atoms with Gasteiger partial charge in [-0.25, -0.2) is 0 Å². The van der Waals surface area contributed by atoms with E-state index in [2.05, 4.69) is 6.92 Å². The lowest BCUT2D eigenvalue weighted by atomic mass is 9.77. The van der Waals surface area contributed by atoms with Crippen LogP contribution in [0.1, 0.15) is 37.0 Å². The largest absolute Gasteiger partial charge is 0.493 e. The Morgan fingerprint density at radius 3 is 2.81 bits per heavy atom. The lowest BCUT2D eigenvalue weighted by Gasteiger charge is -2.32. The van der Waals surface area contributed by atoms with Crippen LogP contribution in [0.25, 0.3) is 0 Å². The van der Waals surface area contributed by atoms with Crippen LogP contribution in [0.4, 0.5) is 0 Å². The first-order valence-corrected chi connectivity index (χ1v) is 5.89. The third kappa shape index (κ3) is 2.63. The minimum Gasteiger partial charge on any atom is -0.493 e. The molecule has 0 unspecified atom stereocenters. The predicted molar refractivity (Wildman–Crippen MR) is 63.8 cm³/mol. The van der Waals surface area contributed by atoms with E-state index in [0.717, 1.165) is 23.8 Å². The van der Waals surface area contributed by atoms with Crippen molar-refractivity contribution in [1.29, 1.82) is 0 Å². The van der Waals surface area contributed by atoms with Gasteiger partial charge < -0.3 is 4.74 Å². The van der Waals surface area contributed by atoms with Crippen LogP contribution in [-0.2, 0) is 0 Å². The molecule has 1 fully saturated rings. The summed E-state index contributed by atoms with van der Waals surface area (Å²) in [5, 5.41) is 0. The summed E-state index contributed by atoms with van der Waals surface area (Å²) in [7, 11) is 0. The summed E-state index contributed by atoms with van der Waals surface area (Å²) in [6.45, 7) is 4.63. The molecular formula is C14H18O2. The Hall–Kier alpha value is -1.31. The highest BCUT2D eigenvalue weighted by atomic mass is 16.5. The molecule has 1 saturated carbocycles. The number of hydrogen-bond donors (Lipinski definition) is 0. The minimum atomic E-state index is 0.0858. The van der Waals surface area contributed by atoms with Crippen molar-refractivity contribution < 1.29 is 9.53 Å². The van der Waals surface area contributed by atoms with Crippen LogP contribution in [-0.4, -0.2) is 12.4 Å². The lowest BCUT2D eigenvalue weighted by Crippen LogP contribution is -2.26. The van der Waals surface area contributed by atoms with Crippen LogP contribution in [0, 0.1) is 11.8 Å². The summed E-state index contributed by atoms with van der Waals surface area (Å²) in [6.07, 6.45) is 2.54. The molecule has 86 valence electrons. The highest BCUT2D eigenvalue weighted by Crippen LogP contribution is 2.33. The average Bonchev–Trinajstić information content (AvgIpc) is 2.23. The molecule has 0 aromatic heterocycles. The quantitative estimate of drug-likeness (QED) is 0.725. The van der Waals surface area contributed by atoms with Gasteiger partial charge in [-0.1, -0.05) is 19.1 Å². The Bertz CT molecular complexity index is 378. The molecule has 0 atom stereocenters. The van der Waals surface area contributed by atoms with Gasteiger partial charge in [0.05, 0.1) is 6.61 Å². The molecule has 16 heavy (non-hydrogen) atoms. The first-order chi connectivity index (χ1) is 7.65. The lowest BCUT2D eigenvalue weighted by molar-refractivity contribution is 0.101. The molecular weight excluding hydrogens is 200 g/mol.